The van der Waals surface area contributed by atoms with Crippen molar-refractivity contribution in [2.75, 3.05) is 20.1 Å². The Labute approximate surface area is 136 Å². The summed E-state index contributed by atoms with van der Waals surface area (Å²) in [5.74, 6) is -0.519. The number of rotatable bonds is 5. The van der Waals surface area contributed by atoms with E-state index in [4.69, 9.17) is 5.21 Å². The van der Waals surface area contributed by atoms with Gasteiger partial charge in [-0.2, -0.15) is 0 Å². The number of carbonyl (C=O) groups excluding carboxylic acids is 2. The van der Waals surface area contributed by atoms with Gasteiger partial charge in [0.15, 0.2) is 0 Å². The van der Waals surface area contributed by atoms with Gasteiger partial charge in [-0.3, -0.25) is 19.8 Å². The highest BCUT2D eigenvalue weighted by atomic mass is 16.5. The summed E-state index contributed by atoms with van der Waals surface area (Å²) in [6.45, 7) is 3.84. The van der Waals surface area contributed by atoms with E-state index < -0.39 is 5.91 Å². The molecule has 3 N–H and O–H groups in total. The molecule has 0 saturated carbocycles. The molecule has 2 heterocycles. The zero-order chi connectivity index (χ0) is 16.8. The number of nitrogens with zero attached hydrogens (tertiary/aromatic N) is 2. The number of hydroxylamine groups is 1. The van der Waals surface area contributed by atoms with Crippen LogP contribution in [0, 0.1) is 5.92 Å². The molecular formula is C16H24N4O3. The number of likely N-dealkylation sites (tertiary alicyclic amines) is 1. The van der Waals surface area contributed by atoms with Crippen molar-refractivity contribution in [2.45, 2.75) is 32.2 Å². The van der Waals surface area contributed by atoms with Crippen LogP contribution in [-0.4, -0.2) is 47.0 Å². The topological polar surface area (TPSA) is 94.6 Å². The fourth-order valence-electron chi connectivity index (χ4n) is 2.82. The number of hydrogen-bond acceptors (Lipinski definition) is 5. The summed E-state index contributed by atoms with van der Waals surface area (Å²) in [5.41, 5.74) is 2.61. The highest BCUT2D eigenvalue weighted by molar-refractivity contribution is 5.93. The molecule has 1 aromatic rings. The average molecular weight is 320 g/mol. The largest absolute Gasteiger partial charge is 0.349 e. The van der Waals surface area contributed by atoms with E-state index >= 15 is 0 Å². The Balaban J connectivity index is 2.05. The van der Waals surface area contributed by atoms with Gasteiger partial charge in [0.2, 0.25) is 5.91 Å². The SMILES string of the molecule is CCC(NC(=O)C1CCN(C)CC1)c1cncc(C(=O)NO)c1. The maximum Gasteiger partial charge on any atom is 0.276 e. The van der Waals surface area contributed by atoms with Gasteiger partial charge in [0.1, 0.15) is 0 Å². The van der Waals surface area contributed by atoms with Gasteiger partial charge in [-0.15, -0.1) is 0 Å². The number of pyridine rings is 1. The first-order valence-electron chi connectivity index (χ1n) is 7.93. The molecule has 0 aromatic carbocycles. The molecule has 126 valence electrons. The number of aromatic nitrogens is 1. The molecule has 0 radical (unpaired) electrons. The number of carbonyl (C=O) groups is 2. The van der Waals surface area contributed by atoms with E-state index in [0.29, 0.717) is 6.42 Å². The lowest BCUT2D eigenvalue weighted by atomic mass is 9.95. The normalized spacial score (nSPS) is 17.5. The Kier molecular flexibility index (Phi) is 6.06. The van der Waals surface area contributed by atoms with Crippen molar-refractivity contribution >= 4 is 11.8 Å². The van der Waals surface area contributed by atoms with Gasteiger partial charge in [-0.25, -0.2) is 5.48 Å². The smallest absolute Gasteiger partial charge is 0.276 e. The molecule has 1 atom stereocenters. The second-order valence-electron chi connectivity index (χ2n) is 5.99. The summed E-state index contributed by atoms with van der Waals surface area (Å²) < 4.78 is 0. The second-order valence-corrected chi connectivity index (χ2v) is 5.99. The lowest BCUT2D eigenvalue weighted by Crippen LogP contribution is -2.40. The highest BCUT2D eigenvalue weighted by Gasteiger charge is 2.25. The molecule has 1 aliphatic heterocycles. The Bertz CT molecular complexity index is 556. The molecule has 1 aromatic heterocycles. The summed E-state index contributed by atoms with van der Waals surface area (Å²) in [5, 5.41) is 11.8. The summed E-state index contributed by atoms with van der Waals surface area (Å²) in [4.78, 5) is 30.2. The van der Waals surface area contributed by atoms with Crippen LogP contribution in [0.3, 0.4) is 0 Å². The predicted molar refractivity (Wildman–Crippen MR) is 84.9 cm³/mol. The molecule has 1 fully saturated rings. The molecule has 1 unspecified atom stereocenters. The fourth-order valence-corrected chi connectivity index (χ4v) is 2.82. The highest BCUT2D eigenvalue weighted by Crippen LogP contribution is 2.21. The number of nitrogens with one attached hydrogen (secondary N) is 2. The van der Waals surface area contributed by atoms with Gasteiger partial charge >= 0.3 is 0 Å². The minimum absolute atomic E-state index is 0.0390. The van der Waals surface area contributed by atoms with E-state index in [2.05, 4.69) is 22.2 Å². The van der Waals surface area contributed by atoms with Crippen LogP contribution in [0.4, 0.5) is 0 Å². The van der Waals surface area contributed by atoms with Crippen molar-refractivity contribution in [3.63, 3.8) is 0 Å². The van der Waals surface area contributed by atoms with Gasteiger partial charge in [0.05, 0.1) is 11.6 Å². The Hall–Kier alpha value is -1.99. The number of amides is 2. The van der Waals surface area contributed by atoms with Crippen molar-refractivity contribution in [1.82, 2.24) is 20.7 Å². The standard InChI is InChI=1S/C16H24N4O3/c1-3-14(12-8-13(10-17-9-12)16(22)19-23)18-15(21)11-4-6-20(2)7-5-11/h8-11,14,23H,3-7H2,1-2H3,(H,18,21)(H,19,22). The first kappa shape index (κ1) is 17.4. The van der Waals surface area contributed by atoms with Crippen LogP contribution in [0.15, 0.2) is 18.5 Å². The molecule has 2 amide bonds. The van der Waals surface area contributed by atoms with Crippen LogP contribution in [0.1, 0.15) is 48.1 Å². The van der Waals surface area contributed by atoms with E-state index in [-0.39, 0.29) is 23.4 Å². The summed E-state index contributed by atoms with van der Waals surface area (Å²) >= 11 is 0. The first-order chi connectivity index (χ1) is 11.0. The Morgan fingerprint density at radius 3 is 2.70 bits per heavy atom. The minimum Gasteiger partial charge on any atom is -0.349 e. The van der Waals surface area contributed by atoms with Crippen molar-refractivity contribution < 1.29 is 14.8 Å². The third-order valence-corrected chi connectivity index (χ3v) is 4.34. The molecule has 1 aliphatic rings. The molecule has 0 bridgehead atoms. The van der Waals surface area contributed by atoms with E-state index in [0.717, 1.165) is 31.5 Å². The third kappa shape index (κ3) is 4.49. The predicted octanol–water partition coefficient (Wildman–Crippen LogP) is 1.11. The molecule has 1 saturated heterocycles. The minimum atomic E-state index is -0.615. The van der Waals surface area contributed by atoms with Gasteiger partial charge in [0, 0.05) is 18.3 Å². The van der Waals surface area contributed by atoms with Gasteiger partial charge < -0.3 is 10.2 Å². The number of piperidine rings is 1. The fraction of sp³-hybridized carbons (Fsp3) is 0.562. The van der Waals surface area contributed by atoms with Crippen molar-refractivity contribution in [3.05, 3.63) is 29.6 Å². The van der Waals surface area contributed by atoms with Crippen LogP contribution < -0.4 is 10.8 Å². The zero-order valence-electron chi connectivity index (χ0n) is 13.6. The molecule has 2 rings (SSSR count). The van der Waals surface area contributed by atoms with Gasteiger partial charge in [-0.1, -0.05) is 6.92 Å². The quantitative estimate of drug-likeness (QED) is 0.558. The lowest BCUT2D eigenvalue weighted by Gasteiger charge is -2.29. The van der Waals surface area contributed by atoms with Gasteiger partial charge in [0.25, 0.3) is 5.91 Å². The molecule has 23 heavy (non-hydrogen) atoms. The average Bonchev–Trinajstić information content (AvgIpc) is 2.59. The van der Waals surface area contributed by atoms with Crippen molar-refractivity contribution in [1.29, 1.82) is 0 Å². The molecule has 0 spiro atoms. The molecule has 0 aliphatic carbocycles. The third-order valence-electron chi connectivity index (χ3n) is 4.34. The lowest BCUT2D eigenvalue weighted by molar-refractivity contribution is -0.127. The maximum atomic E-state index is 12.5. The molecule has 7 nitrogen and oxygen atoms in total. The van der Waals surface area contributed by atoms with Crippen LogP contribution in [0.2, 0.25) is 0 Å². The van der Waals surface area contributed by atoms with E-state index in [1.807, 2.05) is 6.92 Å². The van der Waals surface area contributed by atoms with E-state index in [1.165, 1.54) is 6.20 Å². The summed E-state index contributed by atoms with van der Waals surface area (Å²) in [6.07, 6.45) is 5.44. The van der Waals surface area contributed by atoms with Crippen molar-refractivity contribution in [2.24, 2.45) is 5.92 Å². The molecular weight excluding hydrogens is 296 g/mol. The maximum absolute atomic E-state index is 12.5. The number of hydrogen-bond donors (Lipinski definition) is 3. The monoisotopic (exact) mass is 320 g/mol. The van der Waals surface area contributed by atoms with Crippen LogP contribution >= 0.6 is 0 Å². The van der Waals surface area contributed by atoms with Crippen LogP contribution in [0.5, 0.6) is 0 Å². The second kappa shape index (κ2) is 8.03. The Morgan fingerprint density at radius 1 is 1.39 bits per heavy atom. The molecule has 7 heteroatoms. The van der Waals surface area contributed by atoms with Gasteiger partial charge in [-0.05, 0) is 51.0 Å². The van der Waals surface area contributed by atoms with E-state index in [9.17, 15) is 9.59 Å². The summed E-state index contributed by atoms with van der Waals surface area (Å²) in [7, 11) is 2.06. The zero-order valence-corrected chi connectivity index (χ0v) is 13.6. The Morgan fingerprint density at radius 2 is 2.09 bits per heavy atom. The summed E-state index contributed by atoms with van der Waals surface area (Å²) in [6, 6.07) is 1.45. The van der Waals surface area contributed by atoms with Crippen LogP contribution in [-0.2, 0) is 4.79 Å². The van der Waals surface area contributed by atoms with Crippen molar-refractivity contribution in [3.8, 4) is 0 Å². The van der Waals surface area contributed by atoms with E-state index in [1.54, 1.807) is 17.7 Å². The van der Waals surface area contributed by atoms with Crippen LogP contribution in [0.25, 0.3) is 0 Å². The first-order valence-corrected chi connectivity index (χ1v) is 7.93.